The summed E-state index contributed by atoms with van der Waals surface area (Å²) in [5.41, 5.74) is 2.67. The number of hydrogen-bond acceptors (Lipinski definition) is 3. The van der Waals surface area contributed by atoms with E-state index in [2.05, 4.69) is 24.4 Å². The number of nitrogens with one attached hydrogen (secondary N) is 1. The van der Waals surface area contributed by atoms with E-state index in [0.717, 1.165) is 29.7 Å². The topological polar surface area (TPSA) is 41.5 Å². The average molecular weight is 297 g/mol. The van der Waals surface area contributed by atoms with Gasteiger partial charge in [0.15, 0.2) is 0 Å². The van der Waals surface area contributed by atoms with Gasteiger partial charge in [-0.05, 0) is 37.0 Å². The zero-order chi connectivity index (χ0) is 15.6. The molecule has 0 aliphatic heterocycles. The molecule has 1 aliphatic carbocycles. The molecule has 0 fully saturated rings. The third-order valence-corrected chi connectivity index (χ3v) is 4.63. The predicted octanol–water partition coefficient (Wildman–Crippen LogP) is 3.18. The van der Waals surface area contributed by atoms with Crippen LogP contribution in [0.25, 0.3) is 0 Å². The van der Waals surface area contributed by atoms with Gasteiger partial charge in [0.05, 0.1) is 7.11 Å². The minimum absolute atomic E-state index is 0.118. The highest BCUT2D eigenvalue weighted by Crippen LogP contribution is 2.36. The highest BCUT2D eigenvalue weighted by atomic mass is 16.5. The van der Waals surface area contributed by atoms with E-state index in [1.807, 2.05) is 36.4 Å². The summed E-state index contributed by atoms with van der Waals surface area (Å²) in [7, 11) is 1.69. The fourth-order valence-corrected chi connectivity index (χ4v) is 3.31. The van der Waals surface area contributed by atoms with Crippen LogP contribution >= 0.6 is 0 Å². The SMILES string of the molecule is COc1ccccc1C(C)NCC1(O)CCc2ccccc21. The molecule has 2 unspecified atom stereocenters. The molecule has 0 saturated carbocycles. The van der Waals surface area contributed by atoms with Gasteiger partial charge in [-0.1, -0.05) is 42.5 Å². The van der Waals surface area contributed by atoms with Crippen LogP contribution < -0.4 is 10.1 Å². The van der Waals surface area contributed by atoms with Gasteiger partial charge in [0.25, 0.3) is 0 Å². The van der Waals surface area contributed by atoms with Crippen LogP contribution in [0.5, 0.6) is 5.75 Å². The Morgan fingerprint density at radius 3 is 2.73 bits per heavy atom. The van der Waals surface area contributed by atoms with Crippen LogP contribution in [-0.4, -0.2) is 18.8 Å². The summed E-state index contributed by atoms with van der Waals surface area (Å²) in [5.74, 6) is 0.876. The Kier molecular flexibility index (Phi) is 4.19. The Morgan fingerprint density at radius 1 is 1.18 bits per heavy atom. The number of benzene rings is 2. The first-order valence-corrected chi connectivity index (χ1v) is 7.81. The predicted molar refractivity (Wildman–Crippen MR) is 88.1 cm³/mol. The van der Waals surface area contributed by atoms with Crippen LogP contribution in [0.15, 0.2) is 48.5 Å². The van der Waals surface area contributed by atoms with Gasteiger partial charge in [0, 0.05) is 18.2 Å². The summed E-state index contributed by atoms with van der Waals surface area (Å²) >= 11 is 0. The van der Waals surface area contributed by atoms with Gasteiger partial charge >= 0.3 is 0 Å². The van der Waals surface area contributed by atoms with Gasteiger partial charge in [-0.3, -0.25) is 0 Å². The number of aryl methyl sites for hydroxylation is 1. The fraction of sp³-hybridized carbons (Fsp3) is 0.368. The van der Waals surface area contributed by atoms with Crippen molar-refractivity contribution in [2.45, 2.75) is 31.4 Å². The lowest BCUT2D eigenvalue weighted by atomic mass is 9.95. The number of fused-ring (bicyclic) bond motifs is 1. The van der Waals surface area contributed by atoms with Crippen LogP contribution in [-0.2, 0) is 12.0 Å². The lowest BCUT2D eigenvalue weighted by Crippen LogP contribution is -2.37. The van der Waals surface area contributed by atoms with Crippen molar-refractivity contribution >= 4 is 0 Å². The van der Waals surface area contributed by atoms with Crippen molar-refractivity contribution in [3.05, 3.63) is 65.2 Å². The average Bonchev–Trinajstić information content (AvgIpc) is 2.91. The van der Waals surface area contributed by atoms with Crippen molar-refractivity contribution in [1.82, 2.24) is 5.32 Å². The molecule has 0 saturated heterocycles. The van der Waals surface area contributed by atoms with Crippen molar-refractivity contribution in [3.8, 4) is 5.75 Å². The number of rotatable bonds is 5. The number of hydrogen-bond donors (Lipinski definition) is 2. The summed E-state index contributed by atoms with van der Waals surface area (Å²) in [5, 5.41) is 14.4. The first-order valence-electron chi connectivity index (χ1n) is 7.81. The largest absolute Gasteiger partial charge is 0.496 e. The van der Waals surface area contributed by atoms with Crippen molar-refractivity contribution in [2.24, 2.45) is 0 Å². The minimum atomic E-state index is -0.771. The quantitative estimate of drug-likeness (QED) is 0.890. The Bertz CT molecular complexity index is 655. The third-order valence-electron chi connectivity index (χ3n) is 4.63. The second-order valence-electron chi connectivity index (χ2n) is 6.03. The molecule has 2 N–H and O–H groups in total. The molecule has 0 bridgehead atoms. The number of methoxy groups -OCH3 is 1. The molecule has 0 heterocycles. The van der Waals surface area contributed by atoms with Crippen molar-refractivity contribution in [3.63, 3.8) is 0 Å². The van der Waals surface area contributed by atoms with Crippen molar-refractivity contribution in [1.29, 1.82) is 0 Å². The normalized spacial score (nSPS) is 21.4. The number of para-hydroxylation sites is 1. The molecule has 0 amide bonds. The Morgan fingerprint density at radius 2 is 1.91 bits per heavy atom. The Hall–Kier alpha value is -1.84. The number of ether oxygens (including phenoxy) is 1. The lowest BCUT2D eigenvalue weighted by molar-refractivity contribution is 0.0362. The summed E-state index contributed by atoms with van der Waals surface area (Å²) < 4.78 is 5.42. The summed E-state index contributed by atoms with van der Waals surface area (Å²) in [4.78, 5) is 0. The van der Waals surface area contributed by atoms with E-state index in [4.69, 9.17) is 4.74 Å². The molecule has 2 aromatic carbocycles. The van der Waals surface area contributed by atoms with Crippen molar-refractivity contribution < 1.29 is 9.84 Å². The molecule has 3 rings (SSSR count). The van der Waals surface area contributed by atoms with Crippen LogP contribution in [0.3, 0.4) is 0 Å². The van der Waals surface area contributed by atoms with E-state index in [-0.39, 0.29) is 6.04 Å². The molecule has 2 atom stereocenters. The van der Waals surface area contributed by atoms with E-state index in [1.54, 1.807) is 7.11 Å². The monoisotopic (exact) mass is 297 g/mol. The van der Waals surface area contributed by atoms with Gasteiger partial charge < -0.3 is 15.2 Å². The maximum absolute atomic E-state index is 11.0. The zero-order valence-corrected chi connectivity index (χ0v) is 13.2. The molecule has 1 aliphatic rings. The summed E-state index contributed by atoms with van der Waals surface area (Å²) in [6.07, 6.45) is 1.72. The third kappa shape index (κ3) is 2.74. The molecule has 0 radical (unpaired) electrons. The van der Waals surface area contributed by atoms with Gasteiger partial charge in [-0.15, -0.1) is 0 Å². The zero-order valence-electron chi connectivity index (χ0n) is 13.2. The molecule has 3 heteroatoms. The first-order chi connectivity index (χ1) is 10.6. The van der Waals surface area contributed by atoms with Crippen molar-refractivity contribution in [2.75, 3.05) is 13.7 Å². The minimum Gasteiger partial charge on any atom is -0.496 e. The van der Waals surface area contributed by atoms with Crippen LogP contribution in [0.2, 0.25) is 0 Å². The second-order valence-corrected chi connectivity index (χ2v) is 6.03. The molecule has 22 heavy (non-hydrogen) atoms. The van der Waals surface area contributed by atoms with Gasteiger partial charge in [-0.2, -0.15) is 0 Å². The molecule has 116 valence electrons. The lowest BCUT2D eigenvalue weighted by Gasteiger charge is -2.27. The molecular formula is C19H23NO2. The standard InChI is InChI=1S/C19H23NO2/c1-14(16-8-4-6-10-18(16)22-2)20-13-19(21)12-11-15-7-3-5-9-17(15)19/h3-10,14,20-21H,11-13H2,1-2H3. The van der Waals surface area contributed by atoms with Gasteiger partial charge in [0.1, 0.15) is 11.4 Å². The maximum Gasteiger partial charge on any atom is 0.123 e. The Labute approximate surface area is 131 Å². The summed E-state index contributed by atoms with van der Waals surface area (Å²) in [6.45, 7) is 2.64. The molecule has 3 nitrogen and oxygen atoms in total. The van der Waals surface area contributed by atoms with E-state index in [9.17, 15) is 5.11 Å². The molecular weight excluding hydrogens is 274 g/mol. The fourth-order valence-electron chi connectivity index (χ4n) is 3.31. The van der Waals surface area contributed by atoms with Crippen LogP contribution in [0.4, 0.5) is 0 Å². The van der Waals surface area contributed by atoms with Crippen LogP contribution in [0, 0.1) is 0 Å². The maximum atomic E-state index is 11.0. The molecule has 0 aromatic heterocycles. The second kappa shape index (κ2) is 6.11. The first kappa shape index (κ1) is 15.1. The molecule has 2 aromatic rings. The summed E-state index contributed by atoms with van der Waals surface area (Å²) in [6, 6.07) is 16.3. The van der Waals surface area contributed by atoms with E-state index >= 15 is 0 Å². The molecule has 0 spiro atoms. The highest BCUT2D eigenvalue weighted by molar-refractivity contribution is 5.38. The van der Waals surface area contributed by atoms with Gasteiger partial charge in [-0.25, -0.2) is 0 Å². The van der Waals surface area contributed by atoms with E-state index < -0.39 is 5.60 Å². The van der Waals surface area contributed by atoms with Crippen LogP contribution in [0.1, 0.15) is 36.1 Å². The number of aliphatic hydroxyl groups is 1. The highest BCUT2D eigenvalue weighted by Gasteiger charge is 2.36. The Balaban J connectivity index is 1.73. The van der Waals surface area contributed by atoms with E-state index in [0.29, 0.717) is 6.54 Å². The van der Waals surface area contributed by atoms with Gasteiger partial charge in [0.2, 0.25) is 0 Å². The smallest absolute Gasteiger partial charge is 0.123 e. The van der Waals surface area contributed by atoms with E-state index in [1.165, 1.54) is 5.56 Å².